The second kappa shape index (κ2) is 5.39. The first-order chi connectivity index (χ1) is 10.5. The number of rotatable bonds is 2. The lowest BCUT2D eigenvalue weighted by atomic mass is 9.70. The lowest BCUT2D eigenvalue weighted by molar-refractivity contribution is -0.138. The highest BCUT2D eigenvalue weighted by Gasteiger charge is 2.48. The van der Waals surface area contributed by atoms with E-state index in [-0.39, 0.29) is 17.4 Å². The Morgan fingerprint density at radius 1 is 1.32 bits per heavy atom. The predicted molar refractivity (Wildman–Crippen MR) is 81.6 cm³/mol. The second-order valence-corrected chi connectivity index (χ2v) is 6.72. The van der Waals surface area contributed by atoms with Gasteiger partial charge in [-0.25, -0.2) is 5.48 Å². The Kier molecular flexibility index (Phi) is 3.68. The number of amides is 2. The summed E-state index contributed by atoms with van der Waals surface area (Å²) < 4.78 is 0. The van der Waals surface area contributed by atoms with Crippen LogP contribution in [0, 0.1) is 5.41 Å². The molecule has 1 heterocycles. The first-order valence-electron chi connectivity index (χ1n) is 7.84. The summed E-state index contributed by atoms with van der Waals surface area (Å²) in [5.74, 6) is -0.212. The molecule has 1 aliphatic heterocycles. The molecule has 5 heteroatoms. The van der Waals surface area contributed by atoms with E-state index in [1.54, 1.807) is 11.5 Å². The molecule has 1 fully saturated rings. The molecule has 2 amide bonds. The Bertz CT molecular complexity index is 626. The number of likely N-dealkylation sites (tertiary alicyclic amines) is 1. The second-order valence-electron chi connectivity index (χ2n) is 6.72. The Morgan fingerprint density at radius 2 is 2.09 bits per heavy atom. The van der Waals surface area contributed by atoms with E-state index in [2.05, 4.69) is 13.8 Å². The van der Waals surface area contributed by atoms with Crippen molar-refractivity contribution in [1.29, 1.82) is 0 Å². The van der Waals surface area contributed by atoms with Gasteiger partial charge in [0.2, 0.25) is 5.91 Å². The van der Waals surface area contributed by atoms with Crippen molar-refractivity contribution in [2.75, 3.05) is 6.54 Å². The molecule has 3 rings (SSSR count). The molecular formula is C17H22N2O3. The molecule has 1 aliphatic carbocycles. The standard InChI is InChI=1S/C17H22N2O3/c1-11(2)19-8-7-17(16(19)21)6-5-12-9-13(15(20)18-22)3-4-14(12)10-17/h3-4,9,11,22H,5-8,10H2,1-2H3,(H,18,20)/t17-/m0/s1. The molecule has 22 heavy (non-hydrogen) atoms. The molecule has 0 unspecified atom stereocenters. The normalized spacial score (nSPS) is 24.0. The van der Waals surface area contributed by atoms with E-state index in [1.807, 2.05) is 17.0 Å². The number of aryl methyl sites for hydroxylation is 1. The van der Waals surface area contributed by atoms with Crippen molar-refractivity contribution < 1.29 is 14.8 Å². The van der Waals surface area contributed by atoms with Crippen LogP contribution in [0.2, 0.25) is 0 Å². The zero-order valence-corrected chi connectivity index (χ0v) is 13.1. The minimum atomic E-state index is -0.494. The van der Waals surface area contributed by atoms with Crippen LogP contribution < -0.4 is 5.48 Å². The highest BCUT2D eigenvalue weighted by molar-refractivity contribution is 5.93. The van der Waals surface area contributed by atoms with Crippen molar-refractivity contribution in [2.24, 2.45) is 5.41 Å². The molecular weight excluding hydrogens is 280 g/mol. The summed E-state index contributed by atoms with van der Waals surface area (Å²) in [4.78, 5) is 26.3. The third-order valence-electron chi connectivity index (χ3n) is 5.14. The fourth-order valence-electron chi connectivity index (χ4n) is 3.80. The predicted octanol–water partition coefficient (Wildman–Crippen LogP) is 1.92. The smallest absolute Gasteiger partial charge is 0.274 e. The maximum absolute atomic E-state index is 12.8. The van der Waals surface area contributed by atoms with Crippen molar-refractivity contribution in [3.05, 3.63) is 34.9 Å². The molecule has 118 valence electrons. The molecule has 2 aliphatic rings. The van der Waals surface area contributed by atoms with Crippen LogP contribution in [0.3, 0.4) is 0 Å². The number of hydrogen-bond acceptors (Lipinski definition) is 3. The third kappa shape index (κ3) is 2.29. The van der Waals surface area contributed by atoms with E-state index in [9.17, 15) is 9.59 Å². The van der Waals surface area contributed by atoms with Crippen molar-refractivity contribution in [2.45, 2.75) is 45.6 Å². The largest absolute Gasteiger partial charge is 0.340 e. The van der Waals surface area contributed by atoms with Crippen LogP contribution in [0.15, 0.2) is 18.2 Å². The fraction of sp³-hybridized carbons (Fsp3) is 0.529. The summed E-state index contributed by atoms with van der Waals surface area (Å²) in [6, 6.07) is 5.71. The molecule has 1 saturated heterocycles. The lowest BCUT2D eigenvalue weighted by Crippen LogP contribution is -2.41. The summed E-state index contributed by atoms with van der Waals surface area (Å²) in [7, 11) is 0. The number of benzene rings is 1. The highest BCUT2D eigenvalue weighted by Crippen LogP contribution is 2.44. The van der Waals surface area contributed by atoms with E-state index >= 15 is 0 Å². The van der Waals surface area contributed by atoms with Gasteiger partial charge in [-0.1, -0.05) is 6.07 Å². The zero-order chi connectivity index (χ0) is 15.9. The summed E-state index contributed by atoms with van der Waals surface area (Å²) in [5.41, 5.74) is 4.13. The molecule has 0 aromatic heterocycles. The van der Waals surface area contributed by atoms with Crippen LogP contribution in [0.5, 0.6) is 0 Å². The first kappa shape index (κ1) is 15.0. The van der Waals surface area contributed by atoms with E-state index in [0.29, 0.717) is 5.56 Å². The van der Waals surface area contributed by atoms with E-state index in [0.717, 1.165) is 43.4 Å². The van der Waals surface area contributed by atoms with Gasteiger partial charge >= 0.3 is 0 Å². The van der Waals surface area contributed by atoms with Gasteiger partial charge in [0, 0.05) is 18.2 Å². The Balaban J connectivity index is 1.86. The number of hydroxylamine groups is 1. The number of carbonyl (C=O) groups excluding carboxylic acids is 2. The van der Waals surface area contributed by atoms with Crippen molar-refractivity contribution in [3.8, 4) is 0 Å². The quantitative estimate of drug-likeness (QED) is 0.648. The molecule has 1 aromatic rings. The van der Waals surface area contributed by atoms with Gasteiger partial charge in [-0.15, -0.1) is 0 Å². The van der Waals surface area contributed by atoms with Crippen LogP contribution in [-0.4, -0.2) is 34.5 Å². The molecule has 1 aromatic carbocycles. The number of fused-ring (bicyclic) bond motifs is 1. The summed E-state index contributed by atoms with van der Waals surface area (Å²) in [5, 5.41) is 8.73. The average molecular weight is 302 g/mol. The molecule has 1 atom stereocenters. The van der Waals surface area contributed by atoms with Crippen LogP contribution >= 0.6 is 0 Å². The van der Waals surface area contributed by atoms with Crippen molar-refractivity contribution in [3.63, 3.8) is 0 Å². The molecule has 0 radical (unpaired) electrons. The topological polar surface area (TPSA) is 69.6 Å². The molecule has 0 saturated carbocycles. The third-order valence-corrected chi connectivity index (χ3v) is 5.14. The monoisotopic (exact) mass is 302 g/mol. The van der Waals surface area contributed by atoms with Gasteiger partial charge in [-0.3, -0.25) is 14.8 Å². The van der Waals surface area contributed by atoms with E-state index in [1.165, 1.54) is 0 Å². The Morgan fingerprint density at radius 3 is 2.73 bits per heavy atom. The Hall–Kier alpha value is -1.88. The SMILES string of the molecule is CC(C)N1CC[C@]2(CCc3cc(C(=O)NO)ccc3C2)C1=O. The summed E-state index contributed by atoms with van der Waals surface area (Å²) in [6.07, 6.45) is 3.32. The van der Waals surface area contributed by atoms with Gasteiger partial charge in [0.05, 0.1) is 5.41 Å². The average Bonchev–Trinajstić information content (AvgIpc) is 2.83. The minimum Gasteiger partial charge on any atom is -0.340 e. The van der Waals surface area contributed by atoms with Crippen LogP contribution in [0.1, 0.15) is 48.2 Å². The number of carbonyl (C=O) groups is 2. The molecule has 2 N–H and O–H groups in total. The van der Waals surface area contributed by atoms with E-state index < -0.39 is 5.91 Å². The fourth-order valence-corrected chi connectivity index (χ4v) is 3.80. The van der Waals surface area contributed by atoms with Crippen molar-refractivity contribution >= 4 is 11.8 Å². The van der Waals surface area contributed by atoms with Gasteiger partial charge in [-0.05, 0) is 62.8 Å². The van der Waals surface area contributed by atoms with Crippen LogP contribution in [-0.2, 0) is 17.6 Å². The van der Waals surface area contributed by atoms with E-state index in [4.69, 9.17) is 5.21 Å². The summed E-state index contributed by atoms with van der Waals surface area (Å²) in [6.45, 7) is 4.97. The maximum atomic E-state index is 12.8. The van der Waals surface area contributed by atoms with Gasteiger partial charge in [0.1, 0.15) is 0 Å². The Labute approximate surface area is 130 Å². The van der Waals surface area contributed by atoms with Crippen molar-refractivity contribution in [1.82, 2.24) is 10.4 Å². The van der Waals surface area contributed by atoms with Gasteiger partial charge in [-0.2, -0.15) is 0 Å². The molecule has 1 spiro atoms. The first-order valence-corrected chi connectivity index (χ1v) is 7.84. The summed E-state index contributed by atoms with van der Waals surface area (Å²) >= 11 is 0. The number of hydrogen-bond donors (Lipinski definition) is 2. The van der Waals surface area contributed by atoms with Crippen LogP contribution in [0.4, 0.5) is 0 Å². The molecule has 0 bridgehead atoms. The highest BCUT2D eigenvalue weighted by atomic mass is 16.5. The maximum Gasteiger partial charge on any atom is 0.274 e. The van der Waals surface area contributed by atoms with Gasteiger partial charge in [0.25, 0.3) is 5.91 Å². The zero-order valence-electron chi connectivity index (χ0n) is 13.1. The number of nitrogens with one attached hydrogen (secondary N) is 1. The number of nitrogens with zero attached hydrogens (tertiary/aromatic N) is 1. The van der Waals surface area contributed by atoms with Gasteiger partial charge < -0.3 is 4.90 Å². The molecule has 5 nitrogen and oxygen atoms in total. The lowest BCUT2D eigenvalue weighted by Gasteiger charge is -2.34. The van der Waals surface area contributed by atoms with Crippen LogP contribution in [0.25, 0.3) is 0 Å². The van der Waals surface area contributed by atoms with Gasteiger partial charge in [0.15, 0.2) is 0 Å². The minimum absolute atomic E-state index is 0.252.